The van der Waals surface area contributed by atoms with E-state index >= 15 is 8.78 Å². The molecular formula is C20H18F2N8. The quantitative estimate of drug-likeness (QED) is 0.518. The minimum Gasteiger partial charge on any atom is -0.315 e. The topological polar surface area (TPSA) is 88.4 Å². The van der Waals surface area contributed by atoms with E-state index in [9.17, 15) is 5.26 Å². The van der Waals surface area contributed by atoms with E-state index in [4.69, 9.17) is 0 Å². The lowest BCUT2D eigenvalue weighted by atomic mass is 10.1. The van der Waals surface area contributed by atoms with E-state index in [1.807, 2.05) is 6.92 Å². The highest BCUT2D eigenvalue weighted by atomic mass is 19.3. The fraction of sp³-hybridized carbons (Fsp3) is 0.350. The maximum Gasteiger partial charge on any atom is 0.282 e. The Labute approximate surface area is 170 Å². The number of pyridine rings is 1. The third kappa shape index (κ3) is 2.90. The molecule has 4 heterocycles. The molecule has 0 aliphatic carbocycles. The molecule has 10 heteroatoms. The first-order valence-corrected chi connectivity index (χ1v) is 9.48. The molecular weight excluding hydrogens is 390 g/mol. The summed E-state index contributed by atoms with van der Waals surface area (Å²) in [5.41, 5.74) is 2.84. The van der Waals surface area contributed by atoms with Crippen LogP contribution in [0.2, 0.25) is 0 Å². The van der Waals surface area contributed by atoms with Gasteiger partial charge < -0.3 is 4.57 Å². The van der Waals surface area contributed by atoms with Crippen molar-refractivity contribution in [2.45, 2.75) is 25.4 Å². The van der Waals surface area contributed by atoms with Gasteiger partial charge in [-0.3, -0.25) is 9.88 Å². The highest BCUT2D eigenvalue weighted by Gasteiger charge is 2.49. The number of nitrogens with zero attached hydrogens (tertiary/aromatic N) is 8. The number of alkyl halides is 2. The van der Waals surface area contributed by atoms with Crippen molar-refractivity contribution in [1.82, 2.24) is 34.4 Å². The summed E-state index contributed by atoms with van der Waals surface area (Å²) in [6, 6.07) is 6.07. The number of aryl methyl sites for hydroxylation is 1. The van der Waals surface area contributed by atoms with Crippen LogP contribution in [0.25, 0.3) is 21.9 Å². The van der Waals surface area contributed by atoms with E-state index < -0.39 is 12.0 Å². The number of imidazole rings is 1. The molecule has 1 aliphatic heterocycles. The van der Waals surface area contributed by atoms with Gasteiger partial charge in [0.2, 0.25) is 0 Å². The molecule has 0 unspecified atom stereocenters. The van der Waals surface area contributed by atoms with Gasteiger partial charge in [0.25, 0.3) is 5.92 Å². The van der Waals surface area contributed by atoms with Crippen molar-refractivity contribution in [3.63, 3.8) is 0 Å². The number of benzene rings is 1. The van der Waals surface area contributed by atoms with Crippen LogP contribution in [0.15, 0.2) is 30.6 Å². The van der Waals surface area contributed by atoms with E-state index in [0.717, 1.165) is 5.69 Å². The van der Waals surface area contributed by atoms with Crippen LogP contribution in [-0.4, -0.2) is 60.5 Å². The minimum absolute atomic E-state index is 0.151. The third-order valence-electron chi connectivity index (χ3n) is 5.42. The van der Waals surface area contributed by atoms with Crippen LogP contribution in [0.5, 0.6) is 0 Å². The average Bonchev–Trinajstić information content (AvgIpc) is 3.35. The van der Waals surface area contributed by atoms with Gasteiger partial charge in [0, 0.05) is 11.9 Å². The summed E-state index contributed by atoms with van der Waals surface area (Å²) in [7, 11) is 1.68. The highest BCUT2D eigenvalue weighted by molar-refractivity contribution is 6.03. The average molecular weight is 408 g/mol. The largest absolute Gasteiger partial charge is 0.315 e. The summed E-state index contributed by atoms with van der Waals surface area (Å²) in [5, 5.41) is 18.4. The molecule has 0 amide bonds. The fourth-order valence-corrected chi connectivity index (χ4v) is 4.16. The molecule has 0 bridgehead atoms. The zero-order chi connectivity index (χ0) is 21.0. The number of hydrogen-bond donors (Lipinski definition) is 0. The van der Waals surface area contributed by atoms with Crippen LogP contribution >= 0.6 is 0 Å². The van der Waals surface area contributed by atoms with Gasteiger partial charge in [0.1, 0.15) is 23.9 Å². The zero-order valence-corrected chi connectivity index (χ0v) is 16.4. The van der Waals surface area contributed by atoms with Crippen molar-refractivity contribution < 1.29 is 8.78 Å². The molecule has 4 aromatic rings. The van der Waals surface area contributed by atoms with Crippen LogP contribution in [0.4, 0.5) is 8.78 Å². The Kier molecular flexibility index (Phi) is 4.04. The number of hydrogen-bond acceptors (Lipinski definition) is 6. The van der Waals surface area contributed by atoms with Gasteiger partial charge in [-0.1, -0.05) is 0 Å². The Balaban J connectivity index is 1.80. The van der Waals surface area contributed by atoms with Gasteiger partial charge in [-0.2, -0.15) is 20.3 Å². The van der Waals surface area contributed by atoms with Gasteiger partial charge in [-0.15, -0.1) is 0 Å². The van der Waals surface area contributed by atoms with Crippen molar-refractivity contribution in [3.05, 3.63) is 47.7 Å². The third-order valence-corrected chi connectivity index (χ3v) is 5.42. The van der Waals surface area contributed by atoms with Gasteiger partial charge in [-0.05, 0) is 32.2 Å². The van der Waals surface area contributed by atoms with E-state index in [1.54, 1.807) is 47.1 Å². The molecule has 0 spiro atoms. The standard InChI is InChI=1S/C20H18F2N8/c1-12-7-25-29(27-12)10-18-26-16-8-24-15-4-3-13(6-23)5-14(15)19(16)30(18)17-9-28(2)11-20(17,21)22/h3-5,7-8,17H,9-11H2,1-2H3/t17-/m0/s1. The van der Waals surface area contributed by atoms with E-state index in [-0.39, 0.29) is 19.6 Å². The molecule has 1 aromatic carbocycles. The molecule has 1 fully saturated rings. The summed E-state index contributed by atoms with van der Waals surface area (Å²) >= 11 is 0. The Morgan fingerprint density at radius 3 is 2.77 bits per heavy atom. The number of aromatic nitrogens is 6. The van der Waals surface area contributed by atoms with E-state index in [1.165, 1.54) is 4.80 Å². The highest BCUT2D eigenvalue weighted by Crippen LogP contribution is 2.40. The van der Waals surface area contributed by atoms with E-state index in [2.05, 4.69) is 26.2 Å². The lowest BCUT2D eigenvalue weighted by molar-refractivity contribution is -0.0202. The number of halogens is 2. The Hall–Kier alpha value is -3.45. The van der Waals surface area contributed by atoms with Crippen LogP contribution in [0, 0.1) is 18.3 Å². The smallest absolute Gasteiger partial charge is 0.282 e. The normalized spacial score (nSPS) is 19.0. The number of fused-ring (bicyclic) bond motifs is 3. The van der Waals surface area contributed by atoms with E-state index in [0.29, 0.717) is 33.3 Å². The second kappa shape index (κ2) is 6.53. The maximum atomic E-state index is 15.0. The SMILES string of the molecule is Cc1cnn(Cc2nc3cnc4ccc(C#N)cc4c3n2[C@H]2CN(C)CC2(F)F)n1. The first-order valence-electron chi connectivity index (χ1n) is 9.48. The molecule has 1 atom stereocenters. The molecule has 152 valence electrons. The first kappa shape index (κ1) is 18.6. The maximum absolute atomic E-state index is 15.0. The lowest BCUT2D eigenvalue weighted by Gasteiger charge is -2.22. The van der Waals surface area contributed by atoms with Gasteiger partial charge in [0.05, 0.1) is 47.3 Å². The molecule has 0 radical (unpaired) electrons. The Morgan fingerprint density at radius 1 is 1.27 bits per heavy atom. The van der Waals surface area contributed by atoms with Crippen LogP contribution in [0.1, 0.15) is 23.1 Å². The summed E-state index contributed by atoms with van der Waals surface area (Å²) < 4.78 is 31.6. The summed E-state index contributed by atoms with van der Waals surface area (Å²) in [4.78, 5) is 12.1. The van der Waals surface area contributed by atoms with Crippen molar-refractivity contribution in [2.24, 2.45) is 0 Å². The summed E-state index contributed by atoms with van der Waals surface area (Å²) in [6.45, 7) is 1.81. The molecule has 30 heavy (non-hydrogen) atoms. The lowest BCUT2D eigenvalue weighted by Crippen LogP contribution is -2.31. The van der Waals surface area contributed by atoms with Crippen LogP contribution in [0.3, 0.4) is 0 Å². The zero-order valence-electron chi connectivity index (χ0n) is 16.4. The molecule has 1 saturated heterocycles. The van der Waals surface area contributed by atoms with Gasteiger partial charge in [0.15, 0.2) is 0 Å². The van der Waals surface area contributed by atoms with Crippen molar-refractivity contribution >= 4 is 21.9 Å². The number of nitriles is 1. The van der Waals surface area contributed by atoms with Gasteiger partial charge in [-0.25, -0.2) is 13.8 Å². The predicted molar refractivity (Wildman–Crippen MR) is 105 cm³/mol. The molecule has 5 rings (SSSR count). The Bertz CT molecular complexity index is 1320. The molecule has 8 nitrogen and oxygen atoms in total. The van der Waals surface area contributed by atoms with Crippen LogP contribution < -0.4 is 0 Å². The molecule has 3 aromatic heterocycles. The number of likely N-dealkylation sites (tertiary alicyclic amines) is 1. The molecule has 0 N–H and O–H groups in total. The number of likely N-dealkylation sites (N-methyl/N-ethyl adjacent to an activating group) is 1. The number of rotatable bonds is 3. The van der Waals surface area contributed by atoms with Crippen molar-refractivity contribution in [3.8, 4) is 6.07 Å². The molecule has 1 aliphatic rings. The Morgan fingerprint density at radius 2 is 2.10 bits per heavy atom. The monoisotopic (exact) mass is 408 g/mol. The minimum atomic E-state index is -2.94. The van der Waals surface area contributed by atoms with Crippen molar-refractivity contribution in [1.29, 1.82) is 5.26 Å². The second-order valence-corrected chi connectivity index (χ2v) is 7.72. The first-order chi connectivity index (χ1) is 14.4. The summed E-state index contributed by atoms with van der Waals surface area (Å²) in [6.07, 6.45) is 3.20. The second-order valence-electron chi connectivity index (χ2n) is 7.72. The van der Waals surface area contributed by atoms with Crippen molar-refractivity contribution in [2.75, 3.05) is 20.1 Å². The summed E-state index contributed by atoms with van der Waals surface area (Å²) in [5.74, 6) is -2.51. The molecule has 0 saturated carbocycles. The fourth-order valence-electron chi connectivity index (χ4n) is 4.16. The van der Waals surface area contributed by atoms with Crippen LogP contribution in [-0.2, 0) is 6.54 Å². The van der Waals surface area contributed by atoms with Gasteiger partial charge >= 0.3 is 0 Å². The predicted octanol–water partition coefficient (Wildman–Crippen LogP) is 2.53.